The van der Waals surface area contributed by atoms with E-state index in [0.717, 1.165) is 51.1 Å². The van der Waals surface area contributed by atoms with Crippen molar-refractivity contribution in [3.05, 3.63) is 0 Å². The van der Waals surface area contributed by atoms with Crippen molar-refractivity contribution in [2.45, 2.75) is 50.7 Å². The van der Waals surface area contributed by atoms with Crippen molar-refractivity contribution in [3.8, 4) is 0 Å². The fourth-order valence-corrected chi connectivity index (χ4v) is 3.13. The second-order valence-electron chi connectivity index (χ2n) is 5.89. The molecular formula is C14H24O3. The van der Waals surface area contributed by atoms with Crippen molar-refractivity contribution in [1.29, 1.82) is 0 Å². The summed E-state index contributed by atoms with van der Waals surface area (Å²) < 4.78 is 17.3. The van der Waals surface area contributed by atoms with Gasteiger partial charge in [0.05, 0.1) is 13.2 Å². The molecule has 2 saturated carbocycles. The summed E-state index contributed by atoms with van der Waals surface area (Å²) in [7, 11) is 0. The zero-order chi connectivity index (χ0) is 11.6. The van der Waals surface area contributed by atoms with Gasteiger partial charge >= 0.3 is 0 Å². The van der Waals surface area contributed by atoms with E-state index in [1.807, 2.05) is 0 Å². The molecular weight excluding hydrogens is 216 g/mol. The molecule has 17 heavy (non-hydrogen) atoms. The normalized spacial score (nSPS) is 29.6. The van der Waals surface area contributed by atoms with Gasteiger partial charge in [-0.2, -0.15) is 0 Å². The first-order valence-corrected chi connectivity index (χ1v) is 7.22. The molecule has 0 aromatic rings. The Labute approximate surface area is 104 Å². The van der Waals surface area contributed by atoms with E-state index in [1.165, 1.54) is 32.1 Å². The molecule has 0 N–H and O–H groups in total. The van der Waals surface area contributed by atoms with Crippen LogP contribution in [0.25, 0.3) is 0 Å². The number of hydrogen-bond donors (Lipinski definition) is 0. The van der Waals surface area contributed by atoms with Crippen molar-refractivity contribution >= 4 is 0 Å². The summed E-state index contributed by atoms with van der Waals surface area (Å²) in [6, 6.07) is 0. The third kappa shape index (κ3) is 2.83. The van der Waals surface area contributed by atoms with Gasteiger partial charge in [-0.05, 0) is 37.5 Å². The van der Waals surface area contributed by atoms with Crippen molar-refractivity contribution in [2.24, 2.45) is 11.8 Å². The Kier molecular flexibility index (Phi) is 3.69. The van der Waals surface area contributed by atoms with Crippen molar-refractivity contribution < 1.29 is 14.2 Å². The van der Waals surface area contributed by atoms with Crippen molar-refractivity contribution in [2.75, 3.05) is 26.4 Å². The fourth-order valence-electron chi connectivity index (χ4n) is 3.13. The Morgan fingerprint density at radius 1 is 0.882 bits per heavy atom. The Balaban J connectivity index is 1.33. The van der Waals surface area contributed by atoms with Crippen LogP contribution in [0.1, 0.15) is 44.9 Å². The zero-order valence-corrected chi connectivity index (χ0v) is 10.7. The van der Waals surface area contributed by atoms with E-state index < -0.39 is 0 Å². The van der Waals surface area contributed by atoms with Gasteiger partial charge in [0.15, 0.2) is 5.79 Å². The molecule has 0 unspecified atom stereocenters. The quantitative estimate of drug-likeness (QED) is 0.756. The monoisotopic (exact) mass is 240 g/mol. The summed E-state index contributed by atoms with van der Waals surface area (Å²) in [4.78, 5) is 0. The largest absolute Gasteiger partial charge is 0.381 e. The lowest BCUT2D eigenvalue weighted by Crippen LogP contribution is -2.36. The van der Waals surface area contributed by atoms with Gasteiger partial charge in [0.1, 0.15) is 0 Å². The summed E-state index contributed by atoms with van der Waals surface area (Å²) in [5.74, 6) is 1.39. The molecule has 3 rings (SSSR count). The molecule has 0 bridgehead atoms. The molecule has 98 valence electrons. The van der Waals surface area contributed by atoms with Crippen LogP contribution in [0.2, 0.25) is 0 Å². The SMILES string of the molecule is C1CC(COCC2CCC3(CC2)OCCO3)C1. The van der Waals surface area contributed by atoms with Crippen LogP contribution in [-0.2, 0) is 14.2 Å². The molecule has 2 aliphatic carbocycles. The lowest BCUT2D eigenvalue weighted by molar-refractivity contribution is -0.185. The molecule has 3 nitrogen and oxygen atoms in total. The second-order valence-corrected chi connectivity index (χ2v) is 5.89. The van der Waals surface area contributed by atoms with E-state index >= 15 is 0 Å². The summed E-state index contributed by atoms with van der Waals surface area (Å²) >= 11 is 0. The highest BCUT2D eigenvalue weighted by Gasteiger charge is 2.40. The van der Waals surface area contributed by atoms with E-state index in [2.05, 4.69) is 0 Å². The molecule has 3 heteroatoms. The summed E-state index contributed by atoms with van der Waals surface area (Å²) in [6.07, 6.45) is 8.70. The maximum atomic E-state index is 5.85. The van der Waals surface area contributed by atoms with E-state index in [-0.39, 0.29) is 5.79 Å². The van der Waals surface area contributed by atoms with Gasteiger partial charge in [0.2, 0.25) is 0 Å². The third-order valence-electron chi connectivity index (χ3n) is 4.61. The maximum Gasteiger partial charge on any atom is 0.168 e. The minimum atomic E-state index is -0.204. The molecule has 0 radical (unpaired) electrons. The van der Waals surface area contributed by atoms with Crippen LogP contribution < -0.4 is 0 Å². The van der Waals surface area contributed by atoms with Gasteiger partial charge in [-0.15, -0.1) is 0 Å². The van der Waals surface area contributed by atoms with Gasteiger partial charge in [0.25, 0.3) is 0 Å². The molecule has 1 spiro atoms. The van der Waals surface area contributed by atoms with Crippen LogP contribution in [-0.4, -0.2) is 32.2 Å². The van der Waals surface area contributed by atoms with E-state index in [9.17, 15) is 0 Å². The Morgan fingerprint density at radius 2 is 1.47 bits per heavy atom. The van der Waals surface area contributed by atoms with Crippen LogP contribution >= 0.6 is 0 Å². The Bertz CT molecular complexity index is 234. The molecule has 1 saturated heterocycles. The summed E-state index contributed by atoms with van der Waals surface area (Å²) in [6.45, 7) is 3.51. The average molecular weight is 240 g/mol. The highest BCUT2D eigenvalue weighted by atomic mass is 16.7. The van der Waals surface area contributed by atoms with Crippen LogP contribution in [0.4, 0.5) is 0 Å². The minimum Gasteiger partial charge on any atom is -0.381 e. The van der Waals surface area contributed by atoms with Gasteiger partial charge in [-0.3, -0.25) is 0 Å². The highest BCUT2D eigenvalue weighted by Crippen LogP contribution is 2.38. The highest BCUT2D eigenvalue weighted by molar-refractivity contribution is 4.82. The first-order chi connectivity index (χ1) is 8.36. The fraction of sp³-hybridized carbons (Fsp3) is 1.00. The van der Waals surface area contributed by atoms with Crippen LogP contribution in [0, 0.1) is 11.8 Å². The lowest BCUT2D eigenvalue weighted by atomic mass is 9.85. The predicted molar refractivity (Wildman–Crippen MR) is 64.8 cm³/mol. The van der Waals surface area contributed by atoms with Crippen molar-refractivity contribution in [3.63, 3.8) is 0 Å². The lowest BCUT2D eigenvalue weighted by Gasteiger charge is -2.35. The van der Waals surface area contributed by atoms with Crippen LogP contribution in [0.15, 0.2) is 0 Å². The molecule has 3 fully saturated rings. The Morgan fingerprint density at radius 3 is 2.00 bits per heavy atom. The Hall–Kier alpha value is -0.120. The zero-order valence-electron chi connectivity index (χ0n) is 10.7. The average Bonchev–Trinajstić information content (AvgIpc) is 2.73. The van der Waals surface area contributed by atoms with Crippen molar-refractivity contribution in [1.82, 2.24) is 0 Å². The summed E-state index contributed by atoms with van der Waals surface area (Å²) in [5, 5.41) is 0. The molecule has 0 amide bonds. The van der Waals surface area contributed by atoms with Crippen LogP contribution in [0.5, 0.6) is 0 Å². The number of rotatable bonds is 4. The molecule has 3 aliphatic rings. The number of hydrogen-bond acceptors (Lipinski definition) is 3. The maximum absolute atomic E-state index is 5.85. The molecule has 0 aromatic heterocycles. The minimum absolute atomic E-state index is 0.204. The third-order valence-corrected chi connectivity index (χ3v) is 4.61. The smallest absolute Gasteiger partial charge is 0.168 e. The van der Waals surface area contributed by atoms with E-state index in [4.69, 9.17) is 14.2 Å². The molecule has 1 aliphatic heterocycles. The van der Waals surface area contributed by atoms with E-state index in [0.29, 0.717) is 0 Å². The van der Waals surface area contributed by atoms with Gasteiger partial charge in [0, 0.05) is 26.1 Å². The first kappa shape index (κ1) is 11.9. The molecule has 0 aromatic carbocycles. The number of ether oxygens (including phenoxy) is 3. The first-order valence-electron chi connectivity index (χ1n) is 7.22. The van der Waals surface area contributed by atoms with Gasteiger partial charge < -0.3 is 14.2 Å². The van der Waals surface area contributed by atoms with Gasteiger partial charge in [-0.1, -0.05) is 6.42 Å². The summed E-state index contributed by atoms with van der Waals surface area (Å²) in [5.41, 5.74) is 0. The standard InChI is InChI=1S/C14H24O3/c1-2-12(3-1)10-15-11-13-4-6-14(7-5-13)16-8-9-17-14/h12-13H,1-11H2. The molecule has 0 atom stereocenters. The van der Waals surface area contributed by atoms with Crippen LogP contribution in [0.3, 0.4) is 0 Å². The topological polar surface area (TPSA) is 27.7 Å². The second kappa shape index (κ2) is 5.25. The molecule has 1 heterocycles. The van der Waals surface area contributed by atoms with E-state index in [1.54, 1.807) is 0 Å². The van der Waals surface area contributed by atoms with Gasteiger partial charge in [-0.25, -0.2) is 0 Å². The predicted octanol–water partition coefficient (Wildman–Crippen LogP) is 2.74.